The molecule has 1 heterocycles. The van der Waals surface area contributed by atoms with E-state index in [1.165, 1.54) is 18.7 Å². The van der Waals surface area contributed by atoms with E-state index in [0.29, 0.717) is 5.94 Å². The zero-order valence-electron chi connectivity index (χ0n) is 10.7. The smallest absolute Gasteiger partial charge is 0.303 e. The number of hydrogen-bond acceptors (Lipinski definition) is 6. The molecule has 0 fully saturated rings. The lowest BCUT2D eigenvalue weighted by Gasteiger charge is -2.05. The Morgan fingerprint density at radius 2 is 2.21 bits per heavy atom. The van der Waals surface area contributed by atoms with Crippen LogP contribution in [-0.4, -0.2) is 25.0 Å². The van der Waals surface area contributed by atoms with E-state index in [9.17, 15) is 4.79 Å². The molecule has 0 saturated carbocycles. The fraction of sp³-hybridized carbons (Fsp3) is 0.308. The number of thioether (sulfide) groups is 2. The average molecular weight is 298 g/mol. The Kier molecular flexibility index (Phi) is 5.04. The van der Waals surface area contributed by atoms with Gasteiger partial charge in [-0.3, -0.25) is 4.79 Å². The highest BCUT2D eigenvalue weighted by atomic mass is 32.2. The molecule has 0 bridgehead atoms. The predicted molar refractivity (Wildman–Crippen MR) is 78.3 cm³/mol. The van der Waals surface area contributed by atoms with Gasteiger partial charge in [0, 0.05) is 11.2 Å². The third-order valence-electron chi connectivity index (χ3n) is 2.35. The summed E-state index contributed by atoms with van der Waals surface area (Å²) in [4.78, 5) is 10.7. The summed E-state index contributed by atoms with van der Waals surface area (Å²) in [5.74, 6) is 1.60. The highest BCUT2D eigenvalue weighted by Crippen LogP contribution is 2.35. The molecule has 0 N–H and O–H groups in total. The lowest BCUT2D eigenvalue weighted by Crippen LogP contribution is -1.96. The van der Waals surface area contributed by atoms with E-state index in [1.807, 2.05) is 30.5 Å². The van der Waals surface area contributed by atoms with Crippen molar-refractivity contribution in [2.45, 2.75) is 6.92 Å². The average Bonchev–Trinajstić information content (AvgIpc) is 2.84. The minimum absolute atomic E-state index is 0.268. The number of fused-ring (bicyclic) bond motifs is 1. The molecule has 0 amide bonds. The molecule has 0 aromatic heterocycles. The Morgan fingerprint density at radius 3 is 2.95 bits per heavy atom. The Morgan fingerprint density at radius 1 is 1.42 bits per heavy atom. The van der Waals surface area contributed by atoms with Gasteiger partial charge < -0.3 is 14.2 Å². The first-order valence-corrected chi connectivity index (χ1v) is 7.81. The lowest BCUT2D eigenvalue weighted by molar-refractivity contribution is -0.138. The molecule has 2 rings (SSSR count). The van der Waals surface area contributed by atoms with E-state index in [4.69, 9.17) is 14.2 Å². The summed E-state index contributed by atoms with van der Waals surface area (Å²) in [5, 5.41) is 0. The van der Waals surface area contributed by atoms with Crippen molar-refractivity contribution < 1.29 is 19.0 Å². The van der Waals surface area contributed by atoms with E-state index in [2.05, 4.69) is 0 Å². The number of esters is 1. The maximum Gasteiger partial charge on any atom is 0.303 e. The molecular formula is C13H14O4S2. The van der Waals surface area contributed by atoms with Crippen LogP contribution in [0.4, 0.5) is 0 Å². The summed E-state index contributed by atoms with van der Waals surface area (Å²) in [6.45, 7) is 1.68. The van der Waals surface area contributed by atoms with Crippen LogP contribution in [0.2, 0.25) is 0 Å². The van der Waals surface area contributed by atoms with Crippen LogP contribution in [0.15, 0.2) is 22.4 Å². The molecule has 19 heavy (non-hydrogen) atoms. The van der Waals surface area contributed by atoms with Crippen molar-refractivity contribution in [2.24, 2.45) is 0 Å². The second-order valence-electron chi connectivity index (χ2n) is 3.68. The molecule has 0 atom stereocenters. The summed E-state index contributed by atoms with van der Waals surface area (Å²) >= 11 is 3.10. The number of ether oxygens (including phenoxy) is 3. The summed E-state index contributed by atoms with van der Waals surface area (Å²) in [6, 6.07) is 5.80. The molecule has 0 aliphatic carbocycles. The Balaban J connectivity index is 2.03. The van der Waals surface area contributed by atoms with E-state index < -0.39 is 0 Å². The fourth-order valence-electron chi connectivity index (χ4n) is 1.47. The van der Waals surface area contributed by atoms with Crippen molar-refractivity contribution in [3.8, 4) is 11.5 Å². The number of carbonyl (C=O) groups excluding carboxylic acids is 1. The van der Waals surface area contributed by atoms with Crippen molar-refractivity contribution in [1.29, 1.82) is 0 Å². The van der Waals surface area contributed by atoms with Gasteiger partial charge in [-0.15, -0.1) is 11.8 Å². The fourth-order valence-corrected chi connectivity index (χ4v) is 2.90. The summed E-state index contributed by atoms with van der Waals surface area (Å²) in [6.07, 6.45) is 4.01. The van der Waals surface area contributed by atoms with Gasteiger partial charge in [-0.05, 0) is 30.0 Å². The quantitative estimate of drug-likeness (QED) is 0.614. The molecule has 102 valence electrons. The molecule has 6 heteroatoms. The Labute approximate surface area is 120 Å². The maximum atomic E-state index is 10.7. The normalized spacial score (nSPS) is 13.5. The molecular weight excluding hydrogens is 284 g/mol. The minimum Gasteiger partial charge on any atom is -0.454 e. The highest BCUT2D eigenvalue weighted by Gasteiger charge is 2.12. The van der Waals surface area contributed by atoms with Crippen LogP contribution < -0.4 is 9.47 Å². The van der Waals surface area contributed by atoms with Gasteiger partial charge in [-0.25, -0.2) is 0 Å². The second kappa shape index (κ2) is 6.77. The zero-order valence-corrected chi connectivity index (χ0v) is 12.3. The van der Waals surface area contributed by atoms with Crippen LogP contribution in [-0.2, 0) is 9.53 Å². The Hall–Kier alpha value is -1.27. The van der Waals surface area contributed by atoms with Gasteiger partial charge in [-0.2, -0.15) is 0 Å². The first kappa shape index (κ1) is 14.1. The standard InChI is InChI=1S/C13H14O4S2/c1-9(14)17-8-19-13(18-2)6-10-3-4-11-12(5-10)16-7-15-11/h3-6H,7-8H2,1-2H3/b13-6+. The van der Waals surface area contributed by atoms with E-state index in [0.717, 1.165) is 21.3 Å². The number of hydrogen-bond donors (Lipinski definition) is 0. The van der Waals surface area contributed by atoms with E-state index in [1.54, 1.807) is 11.8 Å². The molecule has 4 nitrogen and oxygen atoms in total. The maximum absolute atomic E-state index is 10.7. The summed E-state index contributed by atoms with van der Waals surface area (Å²) < 4.78 is 16.6. The lowest BCUT2D eigenvalue weighted by atomic mass is 10.2. The first-order chi connectivity index (χ1) is 9.19. The van der Waals surface area contributed by atoms with Gasteiger partial charge in [0.25, 0.3) is 0 Å². The SMILES string of the molecule is CS/C(=C\c1ccc2c(c1)OCO2)SCOC(C)=O. The topological polar surface area (TPSA) is 44.8 Å². The Bertz CT molecular complexity index is 499. The van der Waals surface area contributed by atoms with E-state index in [-0.39, 0.29) is 12.8 Å². The second-order valence-corrected chi connectivity index (χ2v) is 5.75. The first-order valence-electron chi connectivity index (χ1n) is 5.60. The number of rotatable bonds is 5. The summed E-state index contributed by atoms with van der Waals surface area (Å²) in [5.41, 5.74) is 1.03. The van der Waals surface area contributed by atoms with Gasteiger partial charge in [-0.1, -0.05) is 17.8 Å². The van der Waals surface area contributed by atoms with Crippen LogP contribution in [0, 0.1) is 0 Å². The number of carbonyl (C=O) groups is 1. The van der Waals surface area contributed by atoms with Gasteiger partial charge >= 0.3 is 5.97 Å². The van der Waals surface area contributed by atoms with Crippen LogP contribution in [0.3, 0.4) is 0 Å². The monoisotopic (exact) mass is 298 g/mol. The van der Waals surface area contributed by atoms with Crippen molar-refractivity contribution in [2.75, 3.05) is 19.0 Å². The van der Waals surface area contributed by atoms with Gasteiger partial charge in [0.15, 0.2) is 11.5 Å². The molecule has 1 aliphatic heterocycles. The molecule has 1 aromatic rings. The summed E-state index contributed by atoms with van der Waals surface area (Å²) in [7, 11) is 0. The van der Waals surface area contributed by atoms with Gasteiger partial charge in [0.05, 0.1) is 0 Å². The molecule has 0 radical (unpaired) electrons. The van der Waals surface area contributed by atoms with Crippen molar-refractivity contribution in [1.82, 2.24) is 0 Å². The number of benzene rings is 1. The van der Waals surface area contributed by atoms with Crippen LogP contribution in [0.1, 0.15) is 12.5 Å². The highest BCUT2D eigenvalue weighted by molar-refractivity contribution is 8.22. The molecule has 1 aromatic carbocycles. The van der Waals surface area contributed by atoms with Crippen LogP contribution in [0.25, 0.3) is 6.08 Å². The molecule has 1 aliphatic rings. The zero-order chi connectivity index (χ0) is 13.7. The third-order valence-corrected chi connectivity index (χ3v) is 4.36. The molecule has 0 saturated heterocycles. The minimum atomic E-state index is -0.268. The predicted octanol–water partition coefficient (Wildman–Crippen LogP) is 3.33. The van der Waals surface area contributed by atoms with Crippen LogP contribution in [0.5, 0.6) is 11.5 Å². The molecule has 0 spiro atoms. The van der Waals surface area contributed by atoms with Crippen molar-refractivity contribution >= 4 is 35.6 Å². The van der Waals surface area contributed by atoms with Crippen molar-refractivity contribution in [3.05, 3.63) is 28.0 Å². The molecule has 0 unspecified atom stereocenters. The van der Waals surface area contributed by atoms with Crippen molar-refractivity contribution in [3.63, 3.8) is 0 Å². The van der Waals surface area contributed by atoms with Crippen LogP contribution >= 0.6 is 23.5 Å². The van der Waals surface area contributed by atoms with Gasteiger partial charge in [0.1, 0.15) is 5.94 Å². The van der Waals surface area contributed by atoms with E-state index >= 15 is 0 Å². The third kappa shape index (κ3) is 4.11. The largest absolute Gasteiger partial charge is 0.454 e. The van der Waals surface area contributed by atoms with Gasteiger partial charge in [0.2, 0.25) is 6.79 Å².